The predicted octanol–water partition coefficient (Wildman–Crippen LogP) is 3.49. The van der Waals surface area contributed by atoms with E-state index in [2.05, 4.69) is 12.2 Å². The van der Waals surface area contributed by atoms with Gasteiger partial charge in [0.15, 0.2) is 18.1 Å². The van der Waals surface area contributed by atoms with Crippen molar-refractivity contribution in [2.24, 2.45) is 0 Å². The molecule has 2 rings (SSSR count). The maximum Gasteiger partial charge on any atom is 0.258 e. The number of methoxy groups -OCH3 is 1. The SMILES string of the molecule is CCCOc1ccc(CNC(=O)COc2ccc(C)cc2)cc1OC. The van der Waals surface area contributed by atoms with Gasteiger partial charge in [0, 0.05) is 6.54 Å². The maximum atomic E-state index is 11.9. The molecular formula is C20H25NO4. The molecule has 0 bridgehead atoms. The molecule has 0 heterocycles. The Hall–Kier alpha value is -2.69. The molecule has 25 heavy (non-hydrogen) atoms. The van der Waals surface area contributed by atoms with E-state index in [9.17, 15) is 4.79 Å². The van der Waals surface area contributed by atoms with Crippen LogP contribution in [0.1, 0.15) is 24.5 Å². The van der Waals surface area contributed by atoms with Crippen LogP contribution in [0.3, 0.4) is 0 Å². The Balaban J connectivity index is 1.83. The topological polar surface area (TPSA) is 56.8 Å². The Morgan fingerprint density at radius 1 is 1.04 bits per heavy atom. The molecule has 0 radical (unpaired) electrons. The van der Waals surface area contributed by atoms with Gasteiger partial charge in [-0.1, -0.05) is 30.7 Å². The number of carbonyl (C=O) groups is 1. The minimum atomic E-state index is -0.175. The Bertz CT molecular complexity index is 683. The average molecular weight is 343 g/mol. The number of hydrogen-bond donors (Lipinski definition) is 1. The maximum absolute atomic E-state index is 11.9. The first-order valence-corrected chi connectivity index (χ1v) is 8.38. The molecule has 0 saturated heterocycles. The quantitative estimate of drug-likeness (QED) is 0.757. The zero-order valence-corrected chi connectivity index (χ0v) is 15.0. The standard InChI is InChI=1S/C20H25NO4/c1-4-11-24-18-10-7-16(12-19(18)23-3)13-21-20(22)14-25-17-8-5-15(2)6-9-17/h5-10,12H,4,11,13-14H2,1-3H3,(H,21,22). The molecule has 0 spiro atoms. The molecule has 0 aromatic heterocycles. The van der Waals surface area contributed by atoms with E-state index in [1.807, 2.05) is 49.4 Å². The Labute approximate surface area is 148 Å². The number of hydrogen-bond acceptors (Lipinski definition) is 4. The first kappa shape index (κ1) is 18.6. The summed E-state index contributed by atoms with van der Waals surface area (Å²) in [7, 11) is 1.60. The molecule has 0 aliphatic heterocycles. The lowest BCUT2D eigenvalue weighted by atomic mass is 10.2. The third-order valence-corrected chi connectivity index (χ3v) is 3.57. The third kappa shape index (κ3) is 6.03. The van der Waals surface area contributed by atoms with Crippen LogP contribution < -0.4 is 19.5 Å². The van der Waals surface area contributed by atoms with E-state index in [0.29, 0.717) is 30.4 Å². The monoisotopic (exact) mass is 343 g/mol. The minimum Gasteiger partial charge on any atom is -0.493 e. The lowest BCUT2D eigenvalue weighted by molar-refractivity contribution is -0.123. The van der Waals surface area contributed by atoms with E-state index >= 15 is 0 Å². The van der Waals surface area contributed by atoms with Gasteiger partial charge in [-0.3, -0.25) is 4.79 Å². The average Bonchev–Trinajstić information content (AvgIpc) is 2.64. The van der Waals surface area contributed by atoms with Gasteiger partial charge in [-0.05, 0) is 43.2 Å². The van der Waals surface area contributed by atoms with Gasteiger partial charge in [0.25, 0.3) is 5.91 Å². The fourth-order valence-electron chi connectivity index (χ4n) is 2.19. The molecule has 0 aliphatic carbocycles. The van der Waals surface area contributed by atoms with Crippen molar-refractivity contribution >= 4 is 5.91 Å². The molecule has 0 saturated carbocycles. The lowest BCUT2D eigenvalue weighted by Crippen LogP contribution is -2.28. The molecule has 134 valence electrons. The van der Waals surface area contributed by atoms with Gasteiger partial charge in [0.1, 0.15) is 5.75 Å². The third-order valence-electron chi connectivity index (χ3n) is 3.57. The minimum absolute atomic E-state index is 0.0160. The van der Waals surface area contributed by atoms with Crippen LogP contribution in [-0.4, -0.2) is 26.2 Å². The summed E-state index contributed by atoms with van der Waals surface area (Å²) < 4.78 is 16.4. The van der Waals surface area contributed by atoms with Crippen molar-refractivity contribution in [1.29, 1.82) is 0 Å². The molecular weight excluding hydrogens is 318 g/mol. The number of ether oxygens (including phenoxy) is 3. The van der Waals surface area contributed by atoms with Gasteiger partial charge in [0.2, 0.25) is 0 Å². The second-order valence-electron chi connectivity index (χ2n) is 5.71. The van der Waals surface area contributed by atoms with Crippen LogP contribution in [-0.2, 0) is 11.3 Å². The van der Waals surface area contributed by atoms with Crippen molar-refractivity contribution in [3.05, 3.63) is 53.6 Å². The van der Waals surface area contributed by atoms with Crippen molar-refractivity contribution < 1.29 is 19.0 Å². The van der Waals surface area contributed by atoms with Crippen LogP contribution in [0.5, 0.6) is 17.2 Å². The van der Waals surface area contributed by atoms with E-state index in [0.717, 1.165) is 17.5 Å². The smallest absolute Gasteiger partial charge is 0.258 e. The van der Waals surface area contributed by atoms with Gasteiger partial charge in [0.05, 0.1) is 13.7 Å². The van der Waals surface area contributed by atoms with Crippen molar-refractivity contribution in [3.8, 4) is 17.2 Å². The number of rotatable bonds is 9. The number of amides is 1. The van der Waals surface area contributed by atoms with Gasteiger partial charge in [-0.15, -0.1) is 0 Å². The summed E-state index contributed by atoms with van der Waals surface area (Å²) in [6, 6.07) is 13.2. The summed E-state index contributed by atoms with van der Waals surface area (Å²) >= 11 is 0. The van der Waals surface area contributed by atoms with Crippen molar-refractivity contribution in [2.45, 2.75) is 26.8 Å². The zero-order chi connectivity index (χ0) is 18.1. The second kappa shape index (κ2) is 9.57. The highest BCUT2D eigenvalue weighted by Crippen LogP contribution is 2.28. The van der Waals surface area contributed by atoms with E-state index < -0.39 is 0 Å². The van der Waals surface area contributed by atoms with Crippen LogP contribution in [0.4, 0.5) is 0 Å². The molecule has 0 aliphatic rings. The number of carbonyl (C=O) groups excluding carboxylic acids is 1. The van der Waals surface area contributed by atoms with E-state index in [4.69, 9.17) is 14.2 Å². The Kier molecular flexibility index (Phi) is 7.14. The van der Waals surface area contributed by atoms with E-state index in [-0.39, 0.29) is 12.5 Å². The van der Waals surface area contributed by atoms with Crippen LogP contribution in [0.25, 0.3) is 0 Å². The summed E-state index contributed by atoms with van der Waals surface area (Å²) in [5.41, 5.74) is 2.08. The molecule has 0 unspecified atom stereocenters. The first-order chi connectivity index (χ1) is 12.1. The summed E-state index contributed by atoms with van der Waals surface area (Å²) in [6.45, 7) is 5.08. The normalized spacial score (nSPS) is 10.2. The Morgan fingerprint density at radius 3 is 2.48 bits per heavy atom. The summed E-state index contributed by atoms with van der Waals surface area (Å²) in [5, 5.41) is 2.83. The largest absolute Gasteiger partial charge is 0.493 e. The molecule has 1 N–H and O–H groups in total. The first-order valence-electron chi connectivity index (χ1n) is 8.38. The zero-order valence-electron chi connectivity index (χ0n) is 15.0. The Morgan fingerprint density at radius 2 is 1.80 bits per heavy atom. The fourth-order valence-corrected chi connectivity index (χ4v) is 2.19. The van der Waals surface area contributed by atoms with Gasteiger partial charge in [-0.2, -0.15) is 0 Å². The second-order valence-corrected chi connectivity index (χ2v) is 5.71. The van der Waals surface area contributed by atoms with Gasteiger partial charge in [-0.25, -0.2) is 0 Å². The number of benzene rings is 2. The van der Waals surface area contributed by atoms with Crippen LogP contribution >= 0.6 is 0 Å². The van der Waals surface area contributed by atoms with Gasteiger partial charge < -0.3 is 19.5 Å². The van der Waals surface area contributed by atoms with Crippen molar-refractivity contribution in [2.75, 3.05) is 20.3 Å². The van der Waals surface area contributed by atoms with Crippen molar-refractivity contribution in [1.82, 2.24) is 5.32 Å². The molecule has 5 heteroatoms. The molecule has 0 fully saturated rings. The fraction of sp³-hybridized carbons (Fsp3) is 0.350. The molecule has 2 aromatic rings. The molecule has 1 amide bonds. The van der Waals surface area contributed by atoms with Crippen LogP contribution in [0.15, 0.2) is 42.5 Å². The summed E-state index contributed by atoms with van der Waals surface area (Å²) in [4.78, 5) is 11.9. The van der Waals surface area contributed by atoms with E-state index in [1.54, 1.807) is 7.11 Å². The molecule has 2 aromatic carbocycles. The van der Waals surface area contributed by atoms with Crippen LogP contribution in [0.2, 0.25) is 0 Å². The highest BCUT2D eigenvalue weighted by molar-refractivity contribution is 5.77. The molecule has 5 nitrogen and oxygen atoms in total. The van der Waals surface area contributed by atoms with Crippen LogP contribution in [0, 0.1) is 6.92 Å². The molecule has 0 atom stereocenters. The highest BCUT2D eigenvalue weighted by atomic mass is 16.5. The highest BCUT2D eigenvalue weighted by Gasteiger charge is 2.07. The lowest BCUT2D eigenvalue weighted by Gasteiger charge is -2.12. The van der Waals surface area contributed by atoms with E-state index in [1.165, 1.54) is 0 Å². The van der Waals surface area contributed by atoms with Gasteiger partial charge >= 0.3 is 0 Å². The number of nitrogens with one attached hydrogen (secondary N) is 1. The summed E-state index contributed by atoms with van der Waals surface area (Å²) in [6.07, 6.45) is 0.932. The number of aryl methyl sites for hydroxylation is 1. The summed E-state index contributed by atoms with van der Waals surface area (Å²) in [5.74, 6) is 1.88. The predicted molar refractivity (Wildman–Crippen MR) is 97.3 cm³/mol. The van der Waals surface area contributed by atoms with Crippen molar-refractivity contribution in [3.63, 3.8) is 0 Å².